The van der Waals surface area contributed by atoms with Gasteiger partial charge >= 0.3 is 0 Å². The van der Waals surface area contributed by atoms with Crippen LogP contribution in [0.25, 0.3) is 0 Å². The maximum Gasteiger partial charge on any atom is 0.115 e. The van der Waals surface area contributed by atoms with Crippen LogP contribution in [0.15, 0.2) is 24.3 Å². The van der Waals surface area contributed by atoms with Crippen LogP contribution in [0.1, 0.15) is 31.7 Å². The van der Waals surface area contributed by atoms with Crippen molar-refractivity contribution in [1.82, 2.24) is 5.32 Å². The minimum Gasteiger partial charge on any atom is -0.508 e. The molecule has 16 heavy (non-hydrogen) atoms. The quantitative estimate of drug-likeness (QED) is 0.710. The molecule has 2 rings (SSSR count). The average molecular weight is 221 g/mol. The molecule has 88 valence electrons. The number of nitrogens with one attached hydrogen (secondary N) is 1. The molecule has 0 aliphatic heterocycles. The Kier molecular flexibility index (Phi) is 3.17. The van der Waals surface area contributed by atoms with E-state index < -0.39 is 0 Å². The van der Waals surface area contributed by atoms with Crippen molar-refractivity contribution in [2.45, 2.75) is 37.8 Å². The highest BCUT2D eigenvalue weighted by Crippen LogP contribution is 2.31. The molecule has 0 heterocycles. The Labute approximate surface area is 96.1 Å². The van der Waals surface area contributed by atoms with E-state index in [1.807, 2.05) is 12.1 Å². The fourth-order valence-electron chi connectivity index (χ4n) is 2.04. The van der Waals surface area contributed by atoms with Crippen LogP contribution in [0.2, 0.25) is 0 Å². The van der Waals surface area contributed by atoms with Gasteiger partial charge in [-0.05, 0) is 37.0 Å². The highest BCUT2D eigenvalue weighted by molar-refractivity contribution is 5.31. The lowest BCUT2D eigenvalue weighted by Crippen LogP contribution is -2.46. The van der Waals surface area contributed by atoms with Crippen LogP contribution in [0.5, 0.6) is 5.75 Å². The van der Waals surface area contributed by atoms with Gasteiger partial charge in [0.1, 0.15) is 5.75 Å². The van der Waals surface area contributed by atoms with E-state index >= 15 is 0 Å². The summed E-state index contributed by atoms with van der Waals surface area (Å²) in [5.41, 5.74) is 0.691. The summed E-state index contributed by atoms with van der Waals surface area (Å²) in [6.45, 7) is 2.16. The van der Waals surface area contributed by atoms with E-state index in [2.05, 4.69) is 12.2 Å². The molecule has 0 bridgehead atoms. The first-order valence-corrected chi connectivity index (χ1v) is 5.88. The van der Waals surface area contributed by atoms with Gasteiger partial charge in [0.15, 0.2) is 0 Å². The van der Waals surface area contributed by atoms with E-state index in [1.54, 1.807) is 12.1 Å². The van der Waals surface area contributed by atoms with Gasteiger partial charge in [-0.25, -0.2) is 0 Å². The normalized spacial score (nSPS) is 19.4. The molecule has 0 saturated heterocycles. The number of aliphatic hydroxyl groups excluding tert-OH is 1. The van der Waals surface area contributed by atoms with Crippen LogP contribution in [0.4, 0.5) is 0 Å². The monoisotopic (exact) mass is 221 g/mol. The Bertz CT molecular complexity index is 339. The Morgan fingerprint density at radius 1 is 1.31 bits per heavy atom. The third kappa shape index (κ3) is 2.20. The molecular formula is C13H19NO2. The second kappa shape index (κ2) is 4.44. The SMILES string of the molecule is CCC(CO)(NC1CC1)c1ccc(O)cc1. The third-order valence-electron chi connectivity index (χ3n) is 3.35. The van der Waals surface area contributed by atoms with Crippen molar-refractivity contribution < 1.29 is 10.2 Å². The minimum atomic E-state index is -0.352. The molecule has 0 spiro atoms. The highest BCUT2D eigenvalue weighted by Gasteiger charge is 2.35. The molecule has 3 nitrogen and oxygen atoms in total. The topological polar surface area (TPSA) is 52.5 Å². The third-order valence-corrected chi connectivity index (χ3v) is 3.35. The lowest BCUT2D eigenvalue weighted by Gasteiger charge is -2.33. The summed E-state index contributed by atoms with van der Waals surface area (Å²) in [5.74, 6) is 0.262. The number of rotatable bonds is 5. The van der Waals surface area contributed by atoms with E-state index in [1.165, 1.54) is 12.8 Å². The van der Waals surface area contributed by atoms with E-state index in [-0.39, 0.29) is 17.9 Å². The summed E-state index contributed by atoms with van der Waals surface area (Å²) < 4.78 is 0. The first-order valence-electron chi connectivity index (χ1n) is 5.88. The summed E-state index contributed by atoms with van der Waals surface area (Å²) >= 11 is 0. The van der Waals surface area contributed by atoms with Crippen LogP contribution in [-0.2, 0) is 5.54 Å². The minimum absolute atomic E-state index is 0.0881. The number of hydrogen-bond donors (Lipinski definition) is 3. The fourth-order valence-corrected chi connectivity index (χ4v) is 2.04. The van der Waals surface area contributed by atoms with Gasteiger partial charge in [0.05, 0.1) is 12.1 Å². The molecule has 1 unspecified atom stereocenters. The highest BCUT2D eigenvalue weighted by atomic mass is 16.3. The van der Waals surface area contributed by atoms with Crippen molar-refractivity contribution in [3.8, 4) is 5.75 Å². The smallest absolute Gasteiger partial charge is 0.115 e. The first-order chi connectivity index (χ1) is 7.70. The second-order valence-electron chi connectivity index (χ2n) is 4.56. The van der Waals surface area contributed by atoms with Gasteiger partial charge in [-0.3, -0.25) is 0 Å². The summed E-state index contributed by atoms with van der Waals surface area (Å²) in [4.78, 5) is 0. The van der Waals surface area contributed by atoms with Gasteiger partial charge in [-0.1, -0.05) is 19.1 Å². The van der Waals surface area contributed by atoms with E-state index in [0.717, 1.165) is 12.0 Å². The fraction of sp³-hybridized carbons (Fsp3) is 0.538. The van der Waals surface area contributed by atoms with E-state index in [0.29, 0.717) is 6.04 Å². The van der Waals surface area contributed by atoms with Crippen molar-refractivity contribution in [3.05, 3.63) is 29.8 Å². The molecule has 1 aliphatic rings. The molecule has 1 aromatic rings. The van der Waals surface area contributed by atoms with Gasteiger partial charge in [0.2, 0.25) is 0 Å². The van der Waals surface area contributed by atoms with Crippen LogP contribution in [0.3, 0.4) is 0 Å². The summed E-state index contributed by atoms with van der Waals surface area (Å²) in [6.07, 6.45) is 3.23. The lowest BCUT2D eigenvalue weighted by atomic mass is 9.87. The van der Waals surface area contributed by atoms with Crippen LogP contribution >= 0.6 is 0 Å². The molecule has 1 fully saturated rings. The number of phenolic OH excluding ortho intramolecular Hbond substituents is 1. The standard InChI is InChI=1S/C13H19NO2/c1-2-13(9-15,14-11-5-6-11)10-3-7-12(16)8-4-10/h3-4,7-8,11,14-16H,2,5-6,9H2,1H3. The van der Waals surface area contributed by atoms with Crippen molar-refractivity contribution in [1.29, 1.82) is 0 Å². The number of hydrogen-bond acceptors (Lipinski definition) is 3. The number of aromatic hydroxyl groups is 1. The van der Waals surface area contributed by atoms with Crippen molar-refractivity contribution >= 4 is 0 Å². The zero-order chi connectivity index (χ0) is 11.6. The molecular weight excluding hydrogens is 202 g/mol. The Morgan fingerprint density at radius 3 is 2.38 bits per heavy atom. The predicted octanol–water partition coefficient (Wildman–Crippen LogP) is 1.74. The Morgan fingerprint density at radius 2 is 1.94 bits per heavy atom. The van der Waals surface area contributed by atoms with Crippen LogP contribution in [-0.4, -0.2) is 22.9 Å². The number of aliphatic hydroxyl groups is 1. The van der Waals surface area contributed by atoms with Crippen molar-refractivity contribution in [2.75, 3.05) is 6.61 Å². The van der Waals surface area contributed by atoms with Crippen LogP contribution in [0, 0.1) is 0 Å². The van der Waals surface area contributed by atoms with Crippen LogP contribution < -0.4 is 5.32 Å². The number of phenols is 1. The van der Waals surface area contributed by atoms with E-state index in [9.17, 15) is 10.2 Å². The predicted molar refractivity (Wildman–Crippen MR) is 63.3 cm³/mol. The molecule has 1 aliphatic carbocycles. The molecule has 1 aromatic carbocycles. The van der Waals surface area contributed by atoms with Crippen molar-refractivity contribution in [2.24, 2.45) is 0 Å². The Balaban J connectivity index is 2.25. The first kappa shape index (κ1) is 11.4. The molecule has 1 atom stereocenters. The van der Waals surface area contributed by atoms with Gasteiger partial charge in [-0.2, -0.15) is 0 Å². The molecule has 0 aromatic heterocycles. The number of benzene rings is 1. The van der Waals surface area contributed by atoms with Gasteiger partial charge in [-0.15, -0.1) is 0 Å². The zero-order valence-electron chi connectivity index (χ0n) is 9.61. The second-order valence-corrected chi connectivity index (χ2v) is 4.56. The van der Waals surface area contributed by atoms with Crippen molar-refractivity contribution in [3.63, 3.8) is 0 Å². The average Bonchev–Trinajstić information content (AvgIpc) is 3.11. The molecule has 0 radical (unpaired) electrons. The van der Waals surface area contributed by atoms with Gasteiger partial charge in [0.25, 0.3) is 0 Å². The zero-order valence-corrected chi connectivity index (χ0v) is 9.61. The maximum atomic E-state index is 9.65. The van der Waals surface area contributed by atoms with E-state index in [4.69, 9.17) is 0 Å². The molecule has 0 amide bonds. The summed E-state index contributed by atoms with van der Waals surface area (Å²) in [6, 6.07) is 7.64. The molecule has 3 heteroatoms. The van der Waals surface area contributed by atoms with Gasteiger partial charge < -0.3 is 15.5 Å². The molecule has 3 N–H and O–H groups in total. The van der Waals surface area contributed by atoms with Gasteiger partial charge in [0, 0.05) is 6.04 Å². The summed E-state index contributed by atoms with van der Waals surface area (Å²) in [5, 5.41) is 22.4. The summed E-state index contributed by atoms with van der Waals surface area (Å²) in [7, 11) is 0. The maximum absolute atomic E-state index is 9.65. The molecule has 1 saturated carbocycles. The lowest BCUT2D eigenvalue weighted by molar-refractivity contribution is 0.153. The Hall–Kier alpha value is -1.06. The largest absolute Gasteiger partial charge is 0.508 e.